The Labute approximate surface area is 247 Å². The quantitative estimate of drug-likeness (QED) is 0.112. The van der Waals surface area contributed by atoms with E-state index in [1.807, 2.05) is 42.5 Å². The fraction of sp³-hybridized carbons (Fsp3) is 0.0294. The Morgan fingerprint density at radius 3 is 1.37 bits per heavy atom. The maximum absolute atomic E-state index is 16.2. The molecule has 1 atom stereocenters. The van der Waals surface area contributed by atoms with Crippen LogP contribution in [0.3, 0.4) is 0 Å². The van der Waals surface area contributed by atoms with E-state index in [0.29, 0.717) is 45.0 Å². The molecule has 5 aromatic carbocycles. The summed E-state index contributed by atoms with van der Waals surface area (Å²) >= 11 is 0. The van der Waals surface area contributed by atoms with E-state index in [1.54, 1.807) is 97.6 Å². The van der Waals surface area contributed by atoms with Crippen LogP contribution in [0, 0.1) is 34.6 Å². The summed E-state index contributed by atoms with van der Waals surface area (Å²) in [6, 6.07) is 35.2. The zero-order valence-electron chi connectivity index (χ0n) is 22.4. The van der Waals surface area contributed by atoms with E-state index >= 15 is 4.57 Å². The molecule has 5 aromatic rings. The van der Waals surface area contributed by atoms with Crippen molar-refractivity contribution in [2.24, 2.45) is 0 Å². The monoisotopic (exact) mass is 581 g/mol. The maximum atomic E-state index is 16.2. The third-order valence-corrected chi connectivity index (χ3v) is 10.5. The summed E-state index contributed by atoms with van der Waals surface area (Å²) in [5.74, 6) is 1.39. The van der Waals surface area contributed by atoms with Crippen LogP contribution in [0.25, 0.3) is 11.1 Å². The summed E-state index contributed by atoms with van der Waals surface area (Å²) < 4.78 is 38.1. The summed E-state index contributed by atoms with van der Waals surface area (Å²) in [6.07, 6.45) is 5.03. The zero-order chi connectivity index (χ0) is 29.9. The lowest BCUT2D eigenvalue weighted by Gasteiger charge is -2.44. The molecular formula is C34H20N3O5P. The molecule has 0 aromatic heterocycles. The smallest absolute Gasteiger partial charge is 0.296 e. The van der Waals surface area contributed by atoms with Gasteiger partial charge in [-0.2, -0.15) is 0 Å². The van der Waals surface area contributed by atoms with Gasteiger partial charge in [0.1, 0.15) is 28.2 Å². The first-order valence-corrected chi connectivity index (χ1v) is 14.7. The number of hydrogen-bond acceptors (Lipinski definition) is 8. The Balaban J connectivity index is 1.74. The molecule has 0 saturated heterocycles. The first kappa shape index (κ1) is 27.2. The van der Waals surface area contributed by atoms with Crippen LogP contribution in [0.2, 0.25) is 0 Å². The van der Waals surface area contributed by atoms with Crippen LogP contribution < -0.4 is 24.0 Å². The van der Waals surface area contributed by atoms with Crippen molar-refractivity contribution in [1.82, 2.24) is 0 Å². The number of hydrogen-bond donors (Lipinski definition) is 0. The van der Waals surface area contributed by atoms with Gasteiger partial charge in [-0.15, -0.1) is 15.8 Å². The number of para-hydroxylation sites is 1. The fourth-order valence-corrected chi connectivity index (χ4v) is 8.92. The molecule has 0 spiro atoms. The molecule has 9 heteroatoms. The molecule has 1 heterocycles. The number of ether oxygens (including phenoxy) is 3. The number of rotatable bonds is 7. The molecule has 0 saturated carbocycles. The molecule has 0 N–H and O–H groups in total. The van der Waals surface area contributed by atoms with Crippen LogP contribution in [-0.4, -0.2) is 0 Å². The first-order valence-electron chi connectivity index (χ1n) is 13.0. The lowest BCUT2D eigenvalue weighted by atomic mass is 9.83. The van der Waals surface area contributed by atoms with Gasteiger partial charge in [-0.05, 0) is 70.8 Å². The van der Waals surface area contributed by atoms with E-state index in [-0.39, 0.29) is 0 Å². The van der Waals surface area contributed by atoms with Crippen molar-refractivity contribution >= 4 is 12.7 Å². The summed E-state index contributed by atoms with van der Waals surface area (Å²) in [6.45, 7) is 0. The Kier molecular flexibility index (Phi) is 7.02. The molecule has 0 amide bonds. The molecule has 0 aliphatic carbocycles. The molecule has 43 heavy (non-hydrogen) atoms. The predicted molar refractivity (Wildman–Crippen MR) is 158 cm³/mol. The van der Waals surface area contributed by atoms with Crippen molar-refractivity contribution < 1.29 is 23.3 Å². The van der Waals surface area contributed by atoms with Gasteiger partial charge in [0.25, 0.3) is 26.1 Å². The lowest BCUT2D eigenvalue weighted by molar-refractivity contribution is 0.467. The van der Waals surface area contributed by atoms with Gasteiger partial charge in [-0.25, -0.2) is 0 Å². The van der Waals surface area contributed by atoms with Crippen molar-refractivity contribution in [3.05, 3.63) is 138 Å². The van der Waals surface area contributed by atoms with Gasteiger partial charge in [0, 0.05) is 5.56 Å². The van der Waals surface area contributed by atoms with Crippen molar-refractivity contribution in [1.29, 1.82) is 15.8 Å². The molecule has 0 fully saturated rings. The minimum absolute atomic E-state index is 0.310. The largest absolute Gasteiger partial charge is 0.438 e. The van der Waals surface area contributed by atoms with Crippen LogP contribution >= 0.6 is 7.37 Å². The minimum atomic E-state index is -4.05. The third-order valence-electron chi connectivity index (χ3n) is 7.37. The van der Waals surface area contributed by atoms with E-state index in [2.05, 4.69) is 0 Å². The average Bonchev–Trinajstić information content (AvgIpc) is 3.04. The normalized spacial score (nSPS) is 14.8. The molecule has 0 bridgehead atoms. The molecule has 6 rings (SSSR count). The molecule has 1 aliphatic rings. The van der Waals surface area contributed by atoms with Crippen LogP contribution in [0.4, 0.5) is 0 Å². The fourth-order valence-electron chi connectivity index (χ4n) is 5.62. The van der Waals surface area contributed by atoms with Gasteiger partial charge in [0.15, 0.2) is 0 Å². The Hall–Kier alpha value is -6.00. The van der Waals surface area contributed by atoms with E-state index in [9.17, 15) is 0 Å². The summed E-state index contributed by atoms with van der Waals surface area (Å²) in [4.78, 5) is 0. The van der Waals surface area contributed by atoms with Crippen molar-refractivity contribution in [2.45, 2.75) is 5.16 Å². The number of nitriles is 3. The van der Waals surface area contributed by atoms with Gasteiger partial charge < -0.3 is 18.7 Å². The second-order valence-electron chi connectivity index (χ2n) is 9.52. The first-order chi connectivity index (χ1) is 21.0. The third kappa shape index (κ3) is 4.42. The molecule has 1 unspecified atom stereocenters. The molecule has 206 valence electrons. The highest BCUT2D eigenvalue weighted by Crippen LogP contribution is 2.71. The van der Waals surface area contributed by atoms with Crippen LogP contribution in [-0.2, 0) is 9.72 Å². The number of fused-ring (bicyclic) bond motifs is 3. The number of benzene rings is 5. The zero-order valence-corrected chi connectivity index (χ0v) is 23.3. The van der Waals surface area contributed by atoms with Crippen LogP contribution in [0.5, 0.6) is 23.0 Å². The molecule has 1 aliphatic heterocycles. The summed E-state index contributed by atoms with van der Waals surface area (Å²) in [5.41, 5.74) is 3.33. The lowest BCUT2D eigenvalue weighted by Crippen LogP contribution is -2.37. The topological polar surface area (TPSA) is 125 Å². The molecular weight excluding hydrogens is 561 g/mol. The van der Waals surface area contributed by atoms with Gasteiger partial charge in [-0.3, -0.25) is 4.57 Å². The highest BCUT2D eigenvalue weighted by Gasteiger charge is 2.58. The summed E-state index contributed by atoms with van der Waals surface area (Å²) in [7, 11) is -4.05. The van der Waals surface area contributed by atoms with Crippen molar-refractivity contribution in [2.75, 3.05) is 0 Å². The van der Waals surface area contributed by atoms with Crippen molar-refractivity contribution in [3.8, 4) is 52.9 Å². The van der Waals surface area contributed by atoms with Gasteiger partial charge in [0.2, 0.25) is 0 Å². The maximum Gasteiger partial charge on any atom is 0.296 e. The van der Waals surface area contributed by atoms with Gasteiger partial charge >= 0.3 is 0 Å². The van der Waals surface area contributed by atoms with E-state index < -0.39 is 12.5 Å². The number of nitrogens with zero attached hydrogens (tertiary/aromatic N) is 3. The van der Waals surface area contributed by atoms with Gasteiger partial charge in [0.05, 0.1) is 5.30 Å². The van der Waals surface area contributed by atoms with E-state index in [0.717, 1.165) is 11.1 Å². The standard InChI is InChI=1S/C34H20N3O5P/c35-21-39-27-15-9-24(10-16-27)34(25-11-17-28(18-12-25)40-22-36,26-13-19-29(20-14-26)41-23-37)43(38)33-8-4-2-6-31(33)30-5-1-3-7-32(30)42-43/h1-20H. The van der Waals surface area contributed by atoms with E-state index in [4.69, 9.17) is 34.5 Å². The molecule has 8 nitrogen and oxygen atoms in total. The summed E-state index contributed by atoms with van der Waals surface area (Å²) in [5, 5.41) is 26.3. The second kappa shape index (κ2) is 11.1. The van der Waals surface area contributed by atoms with Gasteiger partial charge in [-0.1, -0.05) is 72.8 Å². The Bertz CT molecular complexity index is 1840. The SMILES string of the molecule is N#COc1ccc(C(c2ccc(OC#N)cc2)(c2ccc(OC#N)cc2)P2(=O)Oc3ccccc3-c3ccccc32)cc1. The Morgan fingerprint density at radius 1 is 0.535 bits per heavy atom. The predicted octanol–water partition coefficient (Wildman–Crippen LogP) is 7.22. The Morgan fingerprint density at radius 2 is 0.930 bits per heavy atom. The van der Waals surface area contributed by atoms with Crippen LogP contribution in [0.1, 0.15) is 16.7 Å². The average molecular weight is 582 g/mol. The van der Waals surface area contributed by atoms with E-state index in [1.165, 1.54) is 0 Å². The highest BCUT2D eigenvalue weighted by molar-refractivity contribution is 7.69. The second-order valence-corrected chi connectivity index (χ2v) is 12.0. The van der Waals surface area contributed by atoms with Crippen LogP contribution in [0.15, 0.2) is 121 Å². The highest BCUT2D eigenvalue weighted by atomic mass is 31.2. The van der Waals surface area contributed by atoms with Crippen molar-refractivity contribution in [3.63, 3.8) is 0 Å². The molecule has 0 radical (unpaired) electrons. The minimum Gasteiger partial charge on any atom is -0.438 e.